The summed E-state index contributed by atoms with van der Waals surface area (Å²) in [6.07, 6.45) is 0. The summed E-state index contributed by atoms with van der Waals surface area (Å²) in [5.74, 6) is 1.13. The van der Waals surface area contributed by atoms with E-state index in [4.69, 9.17) is 10.1 Å². The van der Waals surface area contributed by atoms with E-state index < -0.39 is 0 Å². The van der Waals surface area contributed by atoms with Crippen LogP contribution in [0.5, 0.6) is 0 Å². The van der Waals surface area contributed by atoms with Gasteiger partial charge in [0.05, 0.1) is 6.54 Å². The molecule has 0 radical (unpaired) electrons. The van der Waals surface area contributed by atoms with E-state index in [1.807, 2.05) is 30.3 Å². The number of thiophene rings is 1. The molecule has 4 rings (SSSR count). The Morgan fingerprint density at radius 2 is 2.04 bits per heavy atom. The van der Waals surface area contributed by atoms with Gasteiger partial charge in [-0.05, 0) is 29.6 Å². The number of rotatable bonds is 4. The molecule has 2 heterocycles. The van der Waals surface area contributed by atoms with Gasteiger partial charge in [0.2, 0.25) is 0 Å². The van der Waals surface area contributed by atoms with Crippen molar-refractivity contribution in [3.63, 3.8) is 0 Å². The van der Waals surface area contributed by atoms with Crippen LogP contribution in [0.25, 0.3) is 42.4 Å². The lowest BCUT2D eigenvalue weighted by Crippen LogP contribution is -1.82. The van der Waals surface area contributed by atoms with E-state index in [0.717, 1.165) is 31.7 Å². The fourth-order valence-corrected chi connectivity index (χ4v) is 3.99. The van der Waals surface area contributed by atoms with Crippen molar-refractivity contribution in [2.45, 2.75) is 13.5 Å². The van der Waals surface area contributed by atoms with Crippen molar-refractivity contribution < 1.29 is 4.52 Å². The molecule has 25 heavy (non-hydrogen) atoms. The van der Waals surface area contributed by atoms with Gasteiger partial charge in [-0.2, -0.15) is 4.98 Å². The third-order valence-corrected chi connectivity index (χ3v) is 5.00. The summed E-state index contributed by atoms with van der Waals surface area (Å²) in [6.45, 7) is 2.14. The van der Waals surface area contributed by atoms with Gasteiger partial charge in [0.1, 0.15) is 4.88 Å². The van der Waals surface area contributed by atoms with Gasteiger partial charge in [-0.15, -0.1) is 11.3 Å². The van der Waals surface area contributed by atoms with E-state index in [9.17, 15) is 0 Å². The highest BCUT2D eigenvalue weighted by Gasteiger charge is 2.20. The Balaban J connectivity index is 1.96. The van der Waals surface area contributed by atoms with Crippen molar-refractivity contribution >= 4 is 21.4 Å². The largest absolute Gasteiger partial charge is 0.333 e. The molecule has 0 aliphatic rings. The summed E-state index contributed by atoms with van der Waals surface area (Å²) in [6, 6.07) is 16.3. The zero-order valence-corrected chi connectivity index (χ0v) is 14.2. The number of benzene rings is 2. The fourth-order valence-electron chi connectivity index (χ4n) is 2.78. The molecule has 0 aliphatic heterocycles. The average Bonchev–Trinajstić information content (AvgIpc) is 3.23. The minimum atomic E-state index is 0.333. The molecule has 0 N–H and O–H groups in total. The first kappa shape index (κ1) is 15.4. The molecular weight excluding hydrogens is 334 g/mol. The van der Waals surface area contributed by atoms with Crippen LogP contribution in [0.4, 0.5) is 0 Å². The van der Waals surface area contributed by atoms with Crippen LogP contribution in [-0.2, 0) is 6.54 Å². The normalized spacial score (nSPS) is 10.8. The Bertz CT molecular complexity index is 1090. The van der Waals surface area contributed by atoms with Gasteiger partial charge in [-0.3, -0.25) is 0 Å². The standard InChI is InChI=1S/C18H13N5OS/c1-11-21-18(24-22-11)17-16(13-5-3-2-4-6-13)14-8-7-12(10-20-23-19)9-15(14)25-17/h2-9H,10H2,1H3. The molecular formula is C18H13N5OS. The maximum Gasteiger partial charge on any atom is 0.268 e. The third-order valence-electron chi connectivity index (χ3n) is 3.86. The van der Waals surface area contributed by atoms with Crippen molar-refractivity contribution in [2.24, 2.45) is 5.11 Å². The van der Waals surface area contributed by atoms with E-state index in [1.165, 1.54) is 0 Å². The maximum atomic E-state index is 8.52. The molecule has 0 aliphatic carbocycles. The highest BCUT2D eigenvalue weighted by atomic mass is 32.1. The smallest absolute Gasteiger partial charge is 0.268 e. The Morgan fingerprint density at radius 3 is 2.76 bits per heavy atom. The van der Waals surface area contributed by atoms with Crippen LogP contribution >= 0.6 is 11.3 Å². The number of azide groups is 1. The molecule has 2 aromatic carbocycles. The third kappa shape index (κ3) is 2.87. The quantitative estimate of drug-likeness (QED) is 0.268. The molecule has 0 amide bonds. The molecule has 122 valence electrons. The second-order valence-corrected chi connectivity index (χ2v) is 6.59. The van der Waals surface area contributed by atoms with Gasteiger partial charge in [0, 0.05) is 20.6 Å². The van der Waals surface area contributed by atoms with Gasteiger partial charge < -0.3 is 4.52 Å². The summed E-state index contributed by atoms with van der Waals surface area (Å²) >= 11 is 1.60. The number of aryl methyl sites for hydroxylation is 1. The molecule has 6 nitrogen and oxygen atoms in total. The highest BCUT2D eigenvalue weighted by Crippen LogP contribution is 2.44. The van der Waals surface area contributed by atoms with Crippen LogP contribution in [0.3, 0.4) is 0 Å². The molecule has 0 saturated carbocycles. The Hall–Kier alpha value is -3.15. The molecule has 0 bridgehead atoms. The predicted molar refractivity (Wildman–Crippen MR) is 98.1 cm³/mol. The Morgan fingerprint density at radius 1 is 1.20 bits per heavy atom. The fraction of sp³-hybridized carbons (Fsp3) is 0.111. The first-order chi connectivity index (χ1) is 12.3. The van der Waals surface area contributed by atoms with E-state index in [1.54, 1.807) is 18.3 Å². The molecule has 0 fully saturated rings. The summed E-state index contributed by atoms with van der Waals surface area (Å²) in [5.41, 5.74) is 11.7. The van der Waals surface area contributed by atoms with Crippen LogP contribution in [0, 0.1) is 6.92 Å². The number of nitrogens with zero attached hydrogens (tertiary/aromatic N) is 5. The van der Waals surface area contributed by atoms with Crippen LogP contribution in [-0.4, -0.2) is 10.1 Å². The van der Waals surface area contributed by atoms with Gasteiger partial charge in [0.25, 0.3) is 5.89 Å². The molecule has 0 spiro atoms. The van der Waals surface area contributed by atoms with Crippen molar-refractivity contribution in [2.75, 3.05) is 0 Å². The number of hydrogen-bond acceptors (Lipinski definition) is 5. The maximum absolute atomic E-state index is 8.52. The van der Waals surface area contributed by atoms with Crippen LogP contribution in [0.1, 0.15) is 11.4 Å². The zero-order chi connectivity index (χ0) is 17.2. The minimum absolute atomic E-state index is 0.333. The lowest BCUT2D eigenvalue weighted by Gasteiger charge is -2.03. The van der Waals surface area contributed by atoms with Gasteiger partial charge >= 0.3 is 0 Å². The van der Waals surface area contributed by atoms with Gasteiger partial charge in [-0.1, -0.05) is 52.7 Å². The van der Waals surface area contributed by atoms with Crippen molar-refractivity contribution in [1.29, 1.82) is 0 Å². The Kier molecular flexibility index (Phi) is 3.93. The second-order valence-electron chi connectivity index (χ2n) is 5.54. The zero-order valence-electron chi connectivity index (χ0n) is 13.4. The van der Waals surface area contributed by atoms with E-state index in [-0.39, 0.29) is 0 Å². The minimum Gasteiger partial charge on any atom is -0.333 e. The van der Waals surface area contributed by atoms with Crippen LogP contribution in [0.15, 0.2) is 58.2 Å². The van der Waals surface area contributed by atoms with Gasteiger partial charge in [-0.25, -0.2) is 0 Å². The Labute approximate surface area is 147 Å². The van der Waals surface area contributed by atoms with E-state index >= 15 is 0 Å². The predicted octanol–water partition coefficient (Wildman–Crippen LogP) is 5.74. The first-order valence-electron chi connectivity index (χ1n) is 7.68. The monoisotopic (exact) mass is 347 g/mol. The topological polar surface area (TPSA) is 87.7 Å². The van der Waals surface area contributed by atoms with Crippen LogP contribution < -0.4 is 0 Å². The molecule has 0 atom stereocenters. The van der Waals surface area contributed by atoms with Crippen molar-refractivity contribution in [1.82, 2.24) is 10.1 Å². The number of aromatic nitrogens is 2. The lowest BCUT2D eigenvalue weighted by molar-refractivity contribution is 0.426. The summed E-state index contributed by atoms with van der Waals surface area (Å²) in [7, 11) is 0. The summed E-state index contributed by atoms with van der Waals surface area (Å²) in [5, 5.41) is 8.68. The summed E-state index contributed by atoms with van der Waals surface area (Å²) in [4.78, 5) is 8.17. The molecule has 2 aromatic heterocycles. The highest BCUT2D eigenvalue weighted by molar-refractivity contribution is 7.23. The molecule has 0 saturated heterocycles. The van der Waals surface area contributed by atoms with Crippen molar-refractivity contribution in [3.8, 4) is 21.9 Å². The van der Waals surface area contributed by atoms with E-state index in [2.05, 4.69) is 38.4 Å². The second kappa shape index (κ2) is 6.39. The van der Waals surface area contributed by atoms with E-state index in [0.29, 0.717) is 18.3 Å². The first-order valence-corrected chi connectivity index (χ1v) is 8.50. The SMILES string of the molecule is Cc1noc(-c2sc3cc(CN=[N+]=[N-])ccc3c2-c2ccccc2)n1. The summed E-state index contributed by atoms with van der Waals surface area (Å²) < 4.78 is 6.51. The van der Waals surface area contributed by atoms with Crippen LogP contribution in [0.2, 0.25) is 0 Å². The average molecular weight is 347 g/mol. The molecule has 7 heteroatoms. The lowest BCUT2D eigenvalue weighted by atomic mass is 10.0. The number of hydrogen-bond donors (Lipinski definition) is 0. The van der Waals surface area contributed by atoms with Gasteiger partial charge in [0.15, 0.2) is 5.82 Å². The number of fused-ring (bicyclic) bond motifs is 1. The van der Waals surface area contributed by atoms with Crippen molar-refractivity contribution in [3.05, 3.63) is 70.4 Å². The molecule has 4 aromatic rings. The molecule has 0 unspecified atom stereocenters.